The second kappa shape index (κ2) is 8.76. The van der Waals surface area contributed by atoms with E-state index < -0.39 is 15.9 Å². The summed E-state index contributed by atoms with van der Waals surface area (Å²) >= 11 is 0. The molecule has 0 aromatic carbocycles. The Hall–Kier alpha value is -1.06. The van der Waals surface area contributed by atoms with E-state index in [2.05, 4.69) is 26.1 Å². The van der Waals surface area contributed by atoms with Crippen LogP contribution in [0.5, 0.6) is 0 Å². The predicted octanol–water partition coefficient (Wildman–Crippen LogP) is 4.20. The van der Waals surface area contributed by atoms with Gasteiger partial charge in [0.05, 0.1) is 11.9 Å². The molecule has 0 aromatic rings. The van der Waals surface area contributed by atoms with Gasteiger partial charge in [0.2, 0.25) is 5.91 Å². The van der Waals surface area contributed by atoms with E-state index >= 15 is 0 Å². The third kappa shape index (κ3) is 4.48. The Morgan fingerprint density at radius 3 is 2.46 bits per heavy atom. The number of nitrogens with one attached hydrogen (secondary N) is 1. The molecule has 0 aromatic heterocycles. The van der Waals surface area contributed by atoms with E-state index in [0.29, 0.717) is 41.9 Å². The molecule has 1 unspecified atom stereocenters. The number of aliphatic hydroxyl groups excluding tert-OH is 1. The molecule has 9 atom stereocenters. The summed E-state index contributed by atoms with van der Waals surface area (Å²) in [6.45, 7) is 7.21. The van der Waals surface area contributed by atoms with Crippen molar-refractivity contribution in [3.8, 4) is 0 Å². The second-order valence-corrected chi connectivity index (χ2v) is 14.6. The van der Waals surface area contributed by atoms with Crippen molar-refractivity contribution in [3.63, 3.8) is 0 Å². The van der Waals surface area contributed by atoms with Gasteiger partial charge in [0, 0.05) is 25.3 Å². The second-order valence-electron chi connectivity index (χ2n) is 13.0. The standard InChI is InChI=1S/C26H43N3O5S/c1-16(4-7-22(31)27-12-13-35(32,33)34)19-5-6-20-23-21(9-11-25(19,20)3)24(2)10-8-18(30)14-17(24)15-26(23)28-29-26/h16-21,23,30H,4-15H2,1-3H3,(H,27,31)(H,32,33,34)/t16-,17?,18-,19-,20+,21+,23+,24+,25-/m1/s1. The zero-order chi connectivity index (χ0) is 25.2. The Morgan fingerprint density at radius 2 is 1.77 bits per heavy atom. The highest BCUT2D eigenvalue weighted by Gasteiger charge is 2.70. The Bertz CT molecular complexity index is 979. The molecule has 198 valence electrons. The highest BCUT2D eigenvalue weighted by atomic mass is 32.2. The number of rotatable bonds is 7. The Labute approximate surface area is 209 Å². The maximum atomic E-state index is 12.3. The lowest BCUT2D eigenvalue weighted by molar-refractivity contribution is -0.146. The van der Waals surface area contributed by atoms with E-state index in [4.69, 9.17) is 14.8 Å². The van der Waals surface area contributed by atoms with Crippen molar-refractivity contribution in [1.82, 2.24) is 5.32 Å². The first kappa shape index (κ1) is 25.6. The van der Waals surface area contributed by atoms with Crippen LogP contribution in [-0.4, -0.2) is 48.0 Å². The minimum atomic E-state index is -4.06. The number of aliphatic hydroxyl groups is 1. The number of amides is 1. The number of fused-ring (bicyclic) bond motifs is 6. The molecule has 3 N–H and O–H groups in total. The molecule has 8 nitrogen and oxygen atoms in total. The summed E-state index contributed by atoms with van der Waals surface area (Å²) in [5.41, 5.74) is 0.317. The monoisotopic (exact) mass is 509 g/mol. The lowest BCUT2D eigenvalue weighted by atomic mass is 9.42. The summed E-state index contributed by atoms with van der Waals surface area (Å²) in [7, 11) is -4.06. The van der Waals surface area contributed by atoms with Crippen LogP contribution in [0.4, 0.5) is 0 Å². The molecule has 0 radical (unpaired) electrons. The van der Waals surface area contributed by atoms with Gasteiger partial charge in [0.15, 0.2) is 5.66 Å². The lowest BCUT2D eigenvalue weighted by Crippen LogP contribution is -2.60. The zero-order valence-corrected chi connectivity index (χ0v) is 22.3. The molecule has 1 aliphatic heterocycles. The molecule has 4 saturated carbocycles. The quantitative estimate of drug-likeness (QED) is 0.443. The van der Waals surface area contributed by atoms with E-state index in [-0.39, 0.29) is 35.0 Å². The third-order valence-corrected chi connectivity index (χ3v) is 12.0. The summed E-state index contributed by atoms with van der Waals surface area (Å²) in [4.78, 5) is 12.3. The highest BCUT2D eigenvalue weighted by Crippen LogP contribution is 2.72. The fourth-order valence-corrected chi connectivity index (χ4v) is 9.81. The maximum Gasteiger partial charge on any atom is 0.266 e. The summed E-state index contributed by atoms with van der Waals surface area (Å²) in [5.74, 6) is 2.64. The van der Waals surface area contributed by atoms with Crippen molar-refractivity contribution >= 4 is 16.0 Å². The number of hydrogen-bond donors (Lipinski definition) is 3. The van der Waals surface area contributed by atoms with Crippen LogP contribution in [0.15, 0.2) is 10.2 Å². The van der Waals surface area contributed by atoms with Gasteiger partial charge in [-0.2, -0.15) is 18.6 Å². The van der Waals surface area contributed by atoms with Gasteiger partial charge in [0.1, 0.15) is 0 Å². The van der Waals surface area contributed by atoms with Crippen LogP contribution in [-0.2, 0) is 14.9 Å². The van der Waals surface area contributed by atoms with Gasteiger partial charge in [-0.15, -0.1) is 0 Å². The van der Waals surface area contributed by atoms with Crippen LogP contribution >= 0.6 is 0 Å². The topological polar surface area (TPSA) is 128 Å². The predicted molar refractivity (Wildman–Crippen MR) is 132 cm³/mol. The van der Waals surface area contributed by atoms with Gasteiger partial charge in [0.25, 0.3) is 10.1 Å². The van der Waals surface area contributed by atoms with Crippen molar-refractivity contribution in [2.24, 2.45) is 56.6 Å². The molecule has 0 saturated heterocycles. The Morgan fingerprint density at radius 1 is 1.09 bits per heavy atom. The van der Waals surface area contributed by atoms with Gasteiger partial charge in [-0.1, -0.05) is 20.8 Å². The van der Waals surface area contributed by atoms with Crippen molar-refractivity contribution in [2.75, 3.05) is 12.3 Å². The minimum absolute atomic E-state index is 0.0514. The van der Waals surface area contributed by atoms with Crippen molar-refractivity contribution in [1.29, 1.82) is 0 Å². The van der Waals surface area contributed by atoms with E-state index in [1.54, 1.807) is 0 Å². The molecule has 4 aliphatic carbocycles. The van der Waals surface area contributed by atoms with Crippen LogP contribution in [0, 0.1) is 46.3 Å². The summed E-state index contributed by atoms with van der Waals surface area (Å²) in [5, 5.41) is 22.4. The van der Waals surface area contributed by atoms with Gasteiger partial charge in [-0.3, -0.25) is 9.35 Å². The summed E-state index contributed by atoms with van der Waals surface area (Å²) in [6, 6.07) is 0. The average Bonchev–Trinajstić information content (AvgIpc) is 3.45. The van der Waals surface area contributed by atoms with Crippen LogP contribution in [0.3, 0.4) is 0 Å². The molecule has 1 amide bonds. The molecule has 0 bridgehead atoms. The smallest absolute Gasteiger partial charge is 0.266 e. The SMILES string of the molecule is C[C@H](CCC(=O)NCCS(=O)(=O)O)[C@H]1CC[C@H]2[C@H]3[C@H](CC[C@]12C)[C@@]1(C)CC[C@@H](O)CC1CC31N=N1. The number of nitrogens with zero attached hydrogens (tertiary/aromatic N) is 2. The molecule has 5 rings (SSSR count). The largest absolute Gasteiger partial charge is 0.393 e. The average molecular weight is 510 g/mol. The number of carbonyl (C=O) groups excluding carboxylic acids is 1. The molecule has 1 spiro atoms. The molecule has 35 heavy (non-hydrogen) atoms. The fourth-order valence-electron chi connectivity index (χ4n) is 9.45. The highest BCUT2D eigenvalue weighted by molar-refractivity contribution is 7.85. The van der Waals surface area contributed by atoms with Gasteiger partial charge in [-0.05, 0) is 91.8 Å². The normalized spacial score (nSPS) is 44.3. The number of carbonyl (C=O) groups is 1. The maximum absolute atomic E-state index is 12.3. The molecule has 1 heterocycles. The van der Waals surface area contributed by atoms with Crippen LogP contribution in [0.2, 0.25) is 0 Å². The molecular formula is C26H43N3O5S. The van der Waals surface area contributed by atoms with E-state index in [9.17, 15) is 18.3 Å². The van der Waals surface area contributed by atoms with Crippen LogP contribution in [0.25, 0.3) is 0 Å². The third-order valence-electron chi connectivity index (χ3n) is 11.3. The molecule has 9 heteroatoms. The van der Waals surface area contributed by atoms with Crippen LogP contribution < -0.4 is 5.32 Å². The fraction of sp³-hybridized carbons (Fsp3) is 0.962. The molecule has 5 aliphatic rings. The first-order valence-electron chi connectivity index (χ1n) is 13.7. The first-order chi connectivity index (χ1) is 16.4. The number of hydrogen-bond acceptors (Lipinski definition) is 6. The zero-order valence-electron chi connectivity index (χ0n) is 21.4. The first-order valence-corrected chi connectivity index (χ1v) is 15.3. The van der Waals surface area contributed by atoms with Crippen LogP contribution in [0.1, 0.15) is 85.0 Å². The summed E-state index contributed by atoms with van der Waals surface area (Å²) in [6.07, 6.45) is 9.78. The van der Waals surface area contributed by atoms with E-state index in [1.807, 2.05) is 0 Å². The minimum Gasteiger partial charge on any atom is -0.393 e. The van der Waals surface area contributed by atoms with Crippen molar-refractivity contribution < 1.29 is 22.9 Å². The van der Waals surface area contributed by atoms with Gasteiger partial charge in [-0.25, -0.2) is 0 Å². The lowest BCUT2D eigenvalue weighted by Gasteiger charge is -2.62. The van der Waals surface area contributed by atoms with Gasteiger partial charge >= 0.3 is 0 Å². The van der Waals surface area contributed by atoms with Crippen molar-refractivity contribution in [2.45, 2.75) is 96.7 Å². The van der Waals surface area contributed by atoms with E-state index in [0.717, 1.165) is 32.1 Å². The Balaban J connectivity index is 1.25. The molecular weight excluding hydrogens is 466 g/mol. The van der Waals surface area contributed by atoms with Gasteiger partial charge < -0.3 is 10.4 Å². The van der Waals surface area contributed by atoms with Crippen molar-refractivity contribution in [3.05, 3.63) is 0 Å². The molecule has 4 fully saturated rings. The van der Waals surface area contributed by atoms with E-state index in [1.165, 1.54) is 25.7 Å². The summed E-state index contributed by atoms with van der Waals surface area (Å²) < 4.78 is 30.6. The Kier molecular flexibility index (Phi) is 6.40.